The minimum Gasteiger partial charge on any atom is -0.490 e. The highest BCUT2D eigenvalue weighted by Crippen LogP contribution is 2.31. The van der Waals surface area contributed by atoms with E-state index in [0.717, 1.165) is 11.1 Å². The van der Waals surface area contributed by atoms with Crippen molar-refractivity contribution in [2.75, 3.05) is 6.61 Å². The van der Waals surface area contributed by atoms with Crippen molar-refractivity contribution >= 4 is 0 Å². The summed E-state index contributed by atoms with van der Waals surface area (Å²) in [5, 5.41) is 8.85. The van der Waals surface area contributed by atoms with Gasteiger partial charge in [-0.05, 0) is 30.7 Å². The molecular weight excluding hydrogens is 266 g/mol. The van der Waals surface area contributed by atoms with Gasteiger partial charge in [-0.1, -0.05) is 12.1 Å². The molecule has 0 aliphatic carbocycles. The Morgan fingerprint density at radius 2 is 2.14 bits per heavy atom. The lowest BCUT2D eigenvalue weighted by Crippen LogP contribution is -2.05. The van der Waals surface area contributed by atoms with Gasteiger partial charge in [0.05, 0.1) is 6.61 Å². The normalized spacial score (nSPS) is 9.95. The Kier molecular flexibility index (Phi) is 5.13. The maximum Gasteiger partial charge on any atom is 0.166 e. The quantitative estimate of drug-likeness (QED) is 0.880. The van der Waals surface area contributed by atoms with Gasteiger partial charge in [0.1, 0.15) is 18.4 Å². The summed E-state index contributed by atoms with van der Waals surface area (Å²) in [6.45, 7) is 3.17. The number of aromatic nitrogens is 1. The molecule has 0 radical (unpaired) electrons. The number of hydrogen-bond acceptors (Lipinski definition) is 5. The molecule has 0 fully saturated rings. The maximum atomic E-state index is 8.85. The lowest BCUT2D eigenvalue weighted by Gasteiger charge is -2.15. The van der Waals surface area contributed by atoms with Crippen molar-refractivity contribution in [2.45, 2.75) is 20.1 Å². The van der Waals surface area contributed by atoms with Crippen molar-refractivity contribution in [1.29, 1.82) is 5.26 Å². The first-order chi connectivity index (χ1) is 10.3. The van der Waals surface area contributed by atoms with E-state index in [1.54, 1.807) is 12.3 Å². The van der Waals surface area contributed by atoms with Crippen molar-refractivity contribution in [3.8, 4) is 17.6 Å². The van der Waals surface area contributed by atoms with Crippen LogP contribution >= 0.6 is 0 Å². The van der Waals surface area contributed by atoms with Gasteiger partial charge in [-0.25, -0.2) is 4.98 Å². The summed E-state index contributed by atoms with van der Waals surface area (Å²) in [5.41, 5.74) is 7.87. The number of nitrogens with zero attached hydrogens (tertiary/aromatic N) is 2. The zero-order valence-electron chi connectivity index (χ0n) is 11.9. The van der Waals surface area contributed by atoms with Crippen LogP contribution in [0.3, 0.4) is 0 Å². The van der Waals surface area contributed by atoms with Crippen LogP contribution in [0.2, 0.25) is 0 Å². The molecule has 0 amide bonds. The minimum atomic E-state index is 0.328. The second-order valence-corrected chi connectivity index (χ2v) is 4.33. The van der Waals surface area contributed by atoms with E-state index in [2.05, 4.69) is 4.98 Å². The van der Waals surface area contributed by atoms with Gasteiger partial charge < -0.3 is 15.2 Å². The first kappa shape index (κ1) is 14.8. The summed E-state index contributed by atoms with van der Waals surface area (Å²) < 4.78 is 11.4. The lowest BCUT2D eigenvalue weighted by atomic mass is 10.2. The van der Waals surface area contributed by atoms with E-state index in [1.807, 2.05) is 37.3 Å². The molecule has 0 bridgehead atoms. The number of para-hydroxylation sites is 1. The highest BCUT2D eigenvalue weighted by molar-refractivity contribution is 5.46. The molecule has 0 unspecified atom stereocenters. The van der Waals surface area contributed by atoms with Gasteiger partial charge in [-0.3, -0.25) is 0 Å². The van der Waals surface area contributed by atoms with Crippen LogP contribution in [0.15, 0.2) is 36.5 Å². The smallest absolute Gasteiger partial charge is 0.166 e. The maximum absolute atomic E-state index is 8.85. The Bertz CT molecular complexity index is 650. The van der Waals surface area contributed by atoms with Gasteiger partial charge in [0, 0.05) is 18.3 Å². The van der Waals surface area contributed by atoms with Gasteiger partial charge in [-0.2, -0.15) is 5.26 Å². The van der Waals surface area contributed by atoms with Gasteiger partial charge in [0.2, 0.25) is 0 Å². The first-order valence-electron chi connectivity index (χ1n) is 6.71. The molecule has 0 saturated heterocycles. The van der Waals surface area contributed by atoms with Crippen molar-refractivity contribution in [2.24, 2.45) is 5.73 Å². The number of nitriles is 1. The molecule has 0 atom stereocenters. The summed E-state index contributed by atoms with van der Waals surface area (Å²) in [6.07, 6.45) is 1.59. The third kappa shape index (κ3) is 3.71. The SMILES string of the molecule is CCOc1cccc(CN)c1OCc1ccnc(C#N)c1. The van der Waals surface area contributed by atoms with Crippen LogP contribution in [0.4, 0.5) is 0 Å². The van der Waals surface area contributed by atoms with Crippen LogP contribution in [0.25, 0.3) is 0 Å². The Balaban J connectivity index is 2.20. The van der Waals surface area contributed by atoms with E-state index in [-0.39, 0.29) is 0 Å². The van der Waals surface area contributed by atoms with Crippen LogP contribution in [0.5, 0.6) is 11.5 Å². The molecule has 108 valence electrons. The van der Waals surface area contributed by atoms with E-state index in [0.29, 0.717) is 37.0 Å². The molecule has 0 aliphatic rings. The molecule has 0 aliphatic heterocycles. The van der Waals surface area contributed by atoms with Gasteiger partial charge in [0.15, 0.2) is 11.5 Å². The van der Waals surface area contributed by atoms with Gasteiger partial charge in [-0.15, -0.1) is 0 Å². The molecule has 1 aromatic heterocycles. The third-order valence-electron chi connectivity index (χ3n) is 2.90. The predicted molar refractivity (Wildman–Crippen MR) is 78.8 cm³/mol. The standard InChI is InChI=1S/C16H17N3O2/c1-2-20-15-5-3-4-13(9-17)16(15)21-11-12-6-7-19-14(8-12)10-18/h3-8H,2,9,11,17H2,1H3. The first-order valence-corrected chi connectivity index (χ1v) is 6.71. The van der Waals surface area contributed by atoms with Crippen LogP contribution in [0.1, 0.15) is 23.7 Å². The van der Waals surface area contributed by atoms with Crippen molar-refractivity contribution < 1.29 is 9.47 Å². The molecule has 1 aromatic carbocycles. The van der Waals surface area contributed by atoms with Crippen molar-refractivity contribution in [3.05, 3.63) is 53.3 Å². The summed E-state index contributed by atoms with van der Waals surface area (Å²) >= 11 is 0. The molecule has 1 heterocycles. The van der Waals surface area contributed by atoms with Crippen molar-refractivity contribution in [1.82, 2.24) is 4.98 Å². The number of hydrogen-bond donors (Lipinski definition) is 1. The van der Waals surface area contributed by atoms with Crippen LogP contribution < -0.4 is 15.2 Å². The predicted octanol–water partition coefficient (Wildman–Crippen LogP) is 2.39. The molecule has 5 nitrogen and oxygen atoms in total. The zero-order chi connectivity index (χ0) is 15.1. The number of ether oxygens (including phenoxy) is 2. The fourth-order valence-electron chi connectivity index (χ4n) is 1.94. The fraction of sp³-hybridized carbons (Fsp3) is 0.250. The highest BCUT2D eigenvalue weighted by atomic mass is 16.5. The Hall–Kier alpha value is -2.58. The molecule has 0 spiro atoms. The van der Waals surface area contributed by atoms with Gasteiger partial charge >= 0.3 is 0 Å². The zero-order valence-corrected chi connectivity index (χ0v) is 11.9. The Morgan fingerprint density at radius 1 is 1.29 bits per heavy atom. The largest absolute Gasteiger partial charge is 0.490 e. The Morgan fingerprint density at radius 3 is 2.86 bits per heavy atom. The summed E-state index contributed by atoms with van der Waals surface area (Å²) in [4.78, 5) is 3.93. The molecule has 5 heteroatoms. The second kappa shape index (κ2) is 7.27. The van der Waals surface area contributed by atoms with E-state index in [9.17, 15) is 0 Å². The van der Waals surface area contributed by atoms with E-state index in [4.69, 9.17) is 20.5 Å². The highest BCUT2D eigenvalue weighted by Gasteiger charge is 2.10. The molecule has 2 rings (SSSR count). The van der Waals surface area contributed by atoms with E-state index < -0.39 is 0 Å². The monoisotopic (exact) mass is 283 g/mol. The second-order valence-electron chi connectivity index (χ2n) is 4.33. The molecule has 0 saturated carbocycles. The average Bonchev–Trinajstić information content (AvgIpc) is 2.54. The summed E-state index contributed by atoms with van der Waals surface area (Å²) in [6, 6.07) is 11.2. The van der Waals surface area contributed by atoms with Crippen LogP contribution in [0, 0.1) is 11.3 Å². The lowest BCUT2D eigenvalue weighted by molar-refractivity contribution is 0.266. The molecule has 21 heavy (non-hydrogen) atoms. The fourth-order valence-corrected chi connectivity index (χ4v) is 1.94. The van der Waals surface area contributed by atoms with Crippen molar-refractivity contribution in [3.63, 3.8) is 0 Å². The number of benzene rings is 1. The number of rotatable bonds is 6. The van der Waals surface area contributed by atoms with E-state index in [1.165, 1.54) is 0 Å². The minimum absolute atomic E-state index is 0.328. The number of pyridine rings is 1. The topological polar surface area (TPSA) is 81.2 Å². The van der Waals surface area contributed by atoms with E-state index >= 15 is 0 Å². The summed E-state index contributed by atoms with van der Waals surface area (Å²) in [7, 11) is 0. The van der Waals surface area contributed by atoms with Crippen LogP contribution in [-0.2, 0) is 13.2 Å². The van der Waals surface area contributed by atoms with Crippen LogP contribution in [-0.4, -0.2) is 11.6 Å². The van der Waals surface area contributed by atoms with Gasteiger partial charge in [0.25, 0.3) is 0 Å². The summed E-state index contributed by atoms with van der Waals surface area (Å²) in [5.74, 6) is 1.33. The molecule has 2 aromatic rings. The Labute approximate surface area is 123 Å². The molecular formula is C16H17N3O2. The third-order valence-corrected chi connectivity index (χ3v) is 2.90. The molecule has 2 N–H and O–H groups in total. The average molecular weight is 283 g/mol. The number of nitrogens with two attached hydrogens (primary N) is 1.